The van der Waals surface area contributed by atoms with Gasteiger partial charge in [-0.1, -0.05) is 48.0 Å². The van der Waals surface area contributed by atoms with Crippen molar-refractivity contribution in [3.05, 3.63) is 94.0 Å². The summed E-state index contributed by atoms with van der Waals surface area (Å²) < 4.78 is 0. The first-order valence-corrected chi connectivity index (χ1v) is 11.0. The number of nitrogens with one attached hydrogen (secondary N) is 2. The third kappa shape index (κ3) is 5.25. The van der Waals surface area contributed by atoms with Crippen LogP contribution >= 0.6 is 11.6 Å². The van der Waals surface area contributed by atoms with Crippen molar-refractivity contribution < 1.29 is 15.0 Å². The molecule has 1 aromatic heterocycles. The summed E-state index contributed by atoms with van der Waals surface area (Å²) in [6, 6.07) is 20.9. The molecule has 0 radical (unpaired) electrons. The lowest BCUT2D eigenvalue weighted by molar-refractivity contribution is -0.136. The molecule has 0 aliphatic heterocycles. The van der Waals surface area contributed by atoms with Crippen LogP contribution in [0, 0.1) is 0 Å². The zero-order valence-corrected chi connectivity index (χ0v) is 18.9. The van der Waals surface area contributed by atoms with E-state index >= 15 is 0 Å². The number of rotatable bonds is 8. The molecule has 3 aromatic carbocycles. The van der Waals surface area contributed by atoms with E-state index < -0.39 is 5.97 Å². The van der Waals surface area contributed by atoms with Crippen molar-refractivity contribution in [1.82, 2.24) is 10.3 Å². The van der Waals surface area contributed by atoms with Gasteiger partial charge in [0.2, 0.25) is 0 Å². The van der Waals surface area contributed by atoms with Gasteiger partial charge in [-0.05, 0) is 54.9 Å². The molecule has 0 aliphatic carbocycles. The molecule has 0 atom stereocenters. The number of halogens is 1. The number of aromatic nitrogens is 1. The minimum atomic E-state index is -0.846. The Morgan fingerprint density at radius 3 is 2.64 bits per heavy atom. The standard InChI is InChI=1S/C26H24ClN3O3/c1-28-15-17-5-3-7-20(13-17)29-25(18-6-2-4-16(12-18)8-11-23(31)32)24-21-10-9-19(27)14-22(21)30-26(24)33/h2-7,9-10,12-14,28,30,33H,8,11,15H2,1H3,(H,31,32). The number of benzene rings is 3. The molecule has 0 aliphatic rings. The molecule has 4 N–H and O–H groups in total. The highest BCUT2D eigenvalue weighted by Gasteiger charge is 2.19. The topological polar surface area (TPSA) is 97.7 Å². The van der Waals surface area contributed by atoms with Gasteiger partial charge in [0.15, 0.2) is 5.88 Å². The van der Waals surface area contributed by atoms with Gasteiger partial charge in [-0.2, -0.15) is 0 Å². The molecular weight excluding hydrogens is 438 g/mol. The Labute approximate surface area is 196 Å². The number of hydrogen-bond acceptors (Lipinski definition) is 4. The number of fused-ring (bicyclic) bond motifs is 1. The predicted molar refractivity (Wildman–Crippen MR) is 132 cm³/mol. The van der Waals surface area contributed by atoms with E-state index in [4.69, 9.17) is 21.7 Å². The van der Waals surface area contributed by atoms with Gasteiger partial charge in [0.05, 0.1) is 22.5 Å². The second kappa shape index (κ2) is 9.90. The molecule has 0 fully saturated rings. The Morgan fingerprint density at radius 1 is 1.06 bits per heavy atom. The Balaban J connectivity index is 1.89. The first kappa shape index (κ1) is 22.6. The first-order valence-electron chi connectivity index (χ1n) is 10.6. The van der Waals surface area contributed by atoms with Gasteiger partial charge < -0.3 is 20.5 Å². The Hall–Kier alpha value is -3.61. The molecule has 7 heteroatoms. The van der Waals surface area contributed by atoms with Gasteiger partial charge >= 0.3 is 5.97 Å². The van der Waals surface area contributed by atoms with Crippen molar-refractivity contribution in [3.63, 3.8) is 0 Å². The molecule has 4 rings (SSSR count). The number of carbonyl (C=O) groups is 1. The molecule has 6 nitrogen and oxygen atoms in total. The van der Waals surface area contributed by atoms with Crippen LogP contribution in [0.25, 0.3) is 10.9 Å². The second-order valence-electron chi connectivity index (χ2n) is 7.79. The van der Waals surface area contributed by atoms with Gasteiger partial charge in [0, 0.05) is 28.9 Å². The van der Waals surface area contributed by atoms with E-state index in [1.54, 1.807) is 12.1 Å². The fourth-order valence-electron chi connectivity index (χ4n) is 3.85. The van der Waals surface area contributed by atoms with Crippen LogP contribution in [-0.2, 0) is 17.8 Å². The van der Waals surface area contributed by atoms with E-state index in [1.165, 1.54) is 0 Å². The normalized spacial score (nSPS) is 11.8. The summed E-state index contributed by atoms with van der Waals surface area (Å²) in [6.07, 6.45) is 0.447. The van der Waals surface area contributed by atoms with Crippen molar-refractivity contribution in [2.24, 2.45) is 4.99 Å². The van der Waals surface area contributed by atoms with Gasteiger partial charge in [-0.15, -0.1) is 0 Å². The van der Waals surface area contributed by atoms with Crippen molar-refractivity contribution >= 4 is 39.9 Å². The summed E-state index contributed by atoms with van der Waals surface area (Å²) >= 11 is 6.15. The summed E-state index contributed by atoms with van der Waals surface area (Å²) in [5, 5.41) is 24.4. The highest BCUT2D eigenvalue weighted by Crippen LogP contribution is 2.33. The lowest BCUT2D eigenvalue weighted by atomic mass is 9.97. The SMILES string of the molecule is CNCc1cccc(N=C(c2cccc(CCC(=O)O)c2)c2c(O)[nH]c3cc(Cl)ccc23)c1. The molecule has 168 valence electrons. The number of H-pyrrole nitrogens is 1. The number of nitrogens with zero attached hydrogens (tertiary/aromatic N) is 1. The summed E-state index contributed by atoms with van der Waals surface area (Å²) in [5.74, 6) is -0.852. The largest absolute Gasteiger partial charge is 0.494 e. The van der Waals surface area contributed by atoms with E-state index in [0.29, 0.717) is 34.8 Å². The van der Waals surface area contributed by atoms with Crippen LogP contribution in [0.1, 0.15) is 28.7 Å². The van der Waals surface area contributed by atoms with Crippen molar-refractivity contribution in [1.29, 1.82) is 0 Å². The molecule has 4 aromatic rings. The summed E-state index contributed by atoms with van der Waals surface area (Å²) in [7, 11) is 1.89. The number of carboxylic acids is 1. The Bertz CT molecular complexity index is 1340. The van der Waals surface area contributed by atoms with Crippen LogP contribution in [0.5, 0.6) is 5.88 Å². The average molecular weight is 462 g/mol. The van der Waals surface area contributed by atoms with Crippen molar-refractivity contribution in [3.8, 4) is 5.88 Å². The van der Waals surface area contributed by atoms with E-state index in [0.717, 1.165) is 27.8 Å². The second-order valence-corrected chi connectivity index (χ2v) is 8.23. The smallest absolute Gasteiger partial charge is 0.303 e. The third-order valence-electron chi connectivity index (χ3n) is 5.34. The van der Waals surface area contributed by atoms with E-state index in [9.17, 15) is 9.90 Å². The van der Waals surface area contributed by atoms with E-state index in [1.807, 2.05) is 61.6 Å². The molecule has 0 unspecified atom stereocenters. The van der Waals surface area contributed by atoms with Crippen molar-refractivity contribution in [2.45, 2.75) is 19.4 Å². The summed E-state index contributed by atoms with van der Waals surface area (Å²) in [6.45, 7) is 0.709. The third-order valence-corrected chi connectivity index (χ3v) is 5.57. The van der Waals surface area contributed by atoms with Crippen LogP contribution in [-0.4, -0.2) is 33.9 Å². The molecule has 0 saturated carbocycles. The van der Waals surface area contributed by atoms with E-state index in [-0.39, 0.29) is 12.3 Å². The fraction of sp³-hybridized carbons (Fsp3) is 0.154. The van der Waals surface area contributed by atoms with Crippen LogP contribution in [0.2, 0.25) is 5.02 Å². The quantitative estimate of drug-likeness (QED) is 0.263. The number of aryl methyl sites for hydroxylation is 1. The number of aliphatic carboxylic acids is 1. The van der Waals surface area contributed by atoms with E-state index in [2.05, 4.69) is 10.3 Å². The average Bonchev–Trinajstić information content (AvgIpc) is 3.11. The number of aromatic hydroxyl groups is 1. The predicted octanol–water partition coefficient (Wildman–Crippen LogP) is 5.43. The van der Waals surface area contributed by atoms with Gasteiger partial charge in [0.25, 0.3) is 0 Å². The van der Waals surface area contributed by atoms with Gasteiger partial charge in [0.1, 0.15) is 0 Å². The monoisotopic (exact) mass is 461 g/mol. The Kier molecular flexibility index (Phi) is 6.77. The highest BCUT2D eigenvalue weighted by molar-refractivity contribution is 6.31. The lowest BCUT2D eigenvalue weighted by Gasteiger charge is -2.10. The molecule has 0 bridgehead atoms. The maximum absolute atomic E-state index is 11.0. The molecule has 0 amide bonds. The fourth-order valence-corrected chi connectivity index (χ4v) is 4.03. The molecular formula is C26H24ClN3O3. The molecule has 33 heavy (non-hydrogen) atoms. The van der Waals surface area contributed by atoms with Crippen LogP contribution in [0.3, 0.4) is 0 Å². The van der Waals surface area contributed by atoms with Crippen molar-refractivity contribution in [2.75, 3.05) is 7.05 Å². The number of carboxylic acid groups (broad SMARTS) is 1. The highest BCUT2D eigenvalue weighted by atomic mass is 35.5. The van der Waals surface area contributed by atoms with Crippen LogP contribution < -0.4 is 5.32 Å². The number of aromatic amines is 1. The number of aliphatic imine (C=N–C) groups is 1. The van der Waals surface area contributed by atoms with Crippen LogP contribution in [0.15, 0.2) is 71.7 Å². The minimum Gasteiger partial charge on any atom is -0.494 e. The lowest BCUT2D eigenvalue weighted by Crippen LogP contribution is -2.06. The summed E-state index contributed by atoms with van der Waals surface area (Å²) in [5.41, 5.74) is 5.35. The molecule has 0 spiro atoms. The molecule has 0 saturated heterocycles. The number of hydrogen-bond donors (Lipinski definition) is 4. The molecule has 1 heterocycles. The van der Waals surface area contributed by atoms with Gasteiger partial charge in [-0.25, -0.2) is 4.99 Å². The first-order chi connectivity index (χ1) is 15.9. The summed E-state index contributed by atoms with van der Waals surface area (Å²) in [4.78, 5) is 19.0. The Morgan fingerprint density at radius 2 is 1.85 bits per heavy atom. The zero-order chi connectivity index (χ0) is 23.4. The minimum absolute atomic E-state index is 0.00617. The maximum atomic E-state index is 11.0. The van der Waals surface area contributed by atoms with Gasteiger partial charge in [-0.3, -0.25) is 4.79 Å². The van der Waals surface area contributed by atoms with Crippen LogP contribution in [0.4, 0.5) is 5.69 Å². The maximum Gasteiger partial charge on any atom is 0.303 e. The zero-order valence-electron chi connectivity index (χ0n) is 18.1.